The molecule has 0 spiro atoms. The molecular weight excluding hydrogens is 262 g/mol. The molecule has 2 heterocycles. The van der Waals surface area contributed by atoms with Gasteiger partial charge in [-0.25, -0.2) is 4.98 Å². The summed E-state index contributed by atoms with van der Waals surface area (Å²) in [7, 11) is 0. The van der Waals surface area contributed by atoms with Crippen LogP contribution >= 0.6 is 0 Å². The summed E-state index contributed by atoms with van der Waals surface area (Å²) in [5.74, 6) is 1.79. The minimum atomic E-state index is 0.279. The molecule has 0 saturated carbocycles. The lowest BCUT2D eigenvalue weighted by Gasteiger charge is -2.25. The van der Waals surface area contributed by atoms with Crippen LogP contribution in [-0.4, -0.2) is 37.3 Å². The van der Waals surface area contributed by atoms with Gasteiger partial charge in [0.2, 0.25) is 0 Å². The smallest absolute Gasteiger partial charge is 0.131 e. The molecule has 1 N–H and O–H groups in total. The second-order valence-corrected chi connectivity index (χ2v) is 6.49. The number of aromatic nitrogens is 1. The average molecular weight is 291 g/mol. The fourth-order valence-electron chi connectivity index (χ4n) is 2.75. The Kier molecular flexibility index (Phi) is 6.00. The van der Waals surface area contributed by atoms with E-state index in [4.69, 9.17) is 9.72 Å². The SMILES string of the molecule is Cc1cc(CNCC(C)C)cnc1N1CCCOC(C)C1. The van der Waals surface area contributed by atoms with Crippen molar-refractivity contribution in [2.45, 2.75) is 46.8 Å². The Morgan fingerprint density at radius 2 is 2.29 bits per heavy atom. The van der Waals surface area contributed by atoms with Gasteiger partial charge in [0.1, 0.15) is 5.82 Å². The number of rotatable bonds is 5. The zero-order chi connectivity index (χ0) is 15.2. The number of nitrogens with zero attached hydrogens (tertiary/aromatic N) is 2. The molecule has 1 aromatic heterocycles. The van der Waals surface area contributed by atoms with Crippen LogP contribution in [0.2, 0.25) is 0 Å². The molecule has 1 saturated heterocycles. The third-order valence-electron chi connectivity index (χ3n) is 3.74. The van der Waals surface area contributed by atoms with Crippen LogP contribution in [0.15, 0.2) is 12.3 Å². The van der Waals surface area contributed by atoms with E-state index >= 15 is 0 Å². The van der Waals surface area contributed by atoms with Crippen LogP contribution < -0.4 is 10.2 Å². The Labute approximate surface area is 128 Å². The lowest BCUT2D eigenvalue weighted by atomic mass is 10.1. The Morgan fingerprint density at radius 3 is 3.00 bits per heavy atom. The van der Waals surface area contributed by atoms with E-state index in [-0.39, 0.29) is 6.10 Å². The molecular formula is C17H29N3O. The van der Waals surface area contributed by atoms with Crippen LogP contribution in [0.25, 0.3) is 0 Å². The maximum atomic E-state index is 5.71. The molecule has 2 rings (SSSR count). The summed E-state index contributed by atoms with van der Waals surface area (Å²) in [6, 6.07) is 2.26. The Bertz CT molecular complexity index is 448. The molecule has 0 amide bonds. The molecule has 1 aliphatic heterocycles. The van der Waals surface area contributed by atoms with Crippen LogP contribution in [0.3, 0.4) is 0 Å². The summed E-state index contributed by atoms with van der Waals surface area (Å²) in [6.07, 6.45) is 3.36. The van der Waals surface area contributed by atoms with Gasteiger partial charge in [-0.2, -0.15) is 0 Å². The predicted molar refractivity (Wildman–Crippen MR) is 87.8 cm³/mol. The normalized spacial score (nSPS) is 19.9. The number of ether oxygens (including phenoxy) is 1. The van der Waals surface area contributed by atoms with E-state index in [0.717, 1.165) is 45.0 Å². The van der Waals surface area contributed by atoms with Gasteiger partial charge in [0, 0.05) is 32.4 Å². The number of nitrogens with one attached hydrogen (secondary N) is 1. The van der Waals surface area contributed by atoms with Gasteiger partial charge in [-0.05, 0) is 49.9 Å². The second kappa shape index (κ2) is 7.76. The van der Waals surface area contributed by atoms with Crippen molar-refractivity contribution in [1.29, 1.82) is 0 Å². The lowest BCUT2D eigenvalue weighted by molar-refractivity contribution is 0.0820. The van der Waals surface area contributed by atoms with E-state index in [2.05, 4.69) is 44.0 Å². The van der Waals surface area contributed by atoms with Crippen LogP contribution in [0.1, 0.15) is 38.3 Å². The topological polar surface area (TPSA) is 37.4 Å². The quantitative estimate of drug-likeness (QED) is 0.905. The molecule has 0 aromatic carbocycles. The highest BCUT2D eigenvalue weighted by molar-refractivity contribution is 5.47. The zero-order valence-electron chi connectivity index (χ0n) is 13.9. The average Bonchev–Trinajstić information content (AvgIpc) is 2.63. The van der Waals surface area contributed by atoms with E-state index in [0.29, 0.717) is 5.92 Å². The minimum Gasteiger partial charge on any atom is -0.377 e. The van der Waals surface area contributed by atoms with Crippen molar-refractivity contribution in [3.05, 3.63) is 23.4 Å². The van der Waals surface area contributed by atoms with Gasteiger partial charge >= 0.3 is 0 Å². The van der Waals surface area contributed by atoms with Crippen molar-refractivity contribution in [3.63, 3.8) is 0 Å². The van der Waals surface area contributed by atoms with Crippen molar-refractivity contribution in [3.8, 4) is 0 Å². The minimum absolute atomic E-state index is 0.279. The van der Waals surface area contributed by atoms with Gasteiger partial charge in [0.15, 0.2) is 0 Å². The highest BCUT2D eigenvalue weighted by Gasteiger charge is 2.18. The van der Waals surface area contributed by atoms with Gasteiger partial charge in [0.05, 0.1) is 6.10 Å². The largest absolute Gasteiger partial charge is 0.377 e. The van der Waals surface area contributed by atoms with E-state index in [1.54, 1.807) is 0 Å². The van der Waals surface area contributed by atoms with Crippen molar-refractivity contribution in [2.24, 2.45) is 5.92 Å². The van der Waals surface area contributed by atoms with Crippen LogP contribution in [0.5, 0.6) is 0 Å². The number of pyridine rings is 1. The Hall–Kier alpha value is -1.13. The van der Waals surface area contributed by atoms with Crippen molar-refractivity contribution in [2.75, 3.05) is 31.1 Å². The first kappa shape index (κ1) is 16.2. The summed E-state index contributed by atoms with van der Waals surface area (Å²) in [5.41, 5.74) is 2.52. The lowest BCUT2D eigenvalue weighted by Crippen LogP contribution is -2.31. The molecule has 4 heteroatoms. The third-order valence-corrected chi connectivity index (χ3v) is 3.74. The number of anilines is 1. The molecule has 21 heavy (non-hydrogen) atoms. The first-order valence-electron chi connectivity index (χ1n) is 8.09. The Morgan fingerprint density at radius 1 is 1.48 bits per heavy atom. The monoisotopic (exact) mass is 291 g/mol. The maximum absolute atomic E-state index is 5.71. The summed E-state index contributed by atoms with van der Waals surface area (Å²) in [6.45, 7) is 13.5. The van der Waals surface area contributed by atoms with E-state index in [1.807, 2.05) is 6.20 Å². The van der Waals surface area contributed by atoms with Gasteiger partial charge in [-0.3, -0.25) is 0 Å². The number of hydrogen-bond donors (Lipinski definition) is 1. The van der Waals surface area contributed by atoms with Crippen molar-refractivity contribution >= 4 is 5.82 Å². The second-order valence-electron chi connectivity index (χ2n) is 6.49. The summed E-state index contributed by atoms with van der Waals surface area (Å²) >= 11 is 0. The van der Waals surface area contributed by atoms with Gasteiger partial charge in [0.25, 0.3) is 0 Å². The molecule has 1 aliphatic rings. The number of aryl methyl sites for hydroxylation is 1. The van der Waals surface area contributed by atoms with E-state index in [1.165, 1.54) is 11.1 Å². The highest BCUT2D eigenvalue weighted by Crippen LogP contribution is 2.20. The van der Waals surface area contributed by atoms with Gasteiger partial charge in [-0.15, -0.1) is 0 Å². The molecule has 0 aliphatic carbocycles. The first-order valence-corrected chi connectivity index (χ1v) is 8.09. The highest BCUT2D eigenvalue weighted by atomic mass is 16.5. The van der Waals surface area contributed by atoms with E-state index in [9.17, 15) is 0 Å². The molecule has 4 nitrogen and oxygen atoms in total. The number of hydrogen-bond acceptors (Lipinski definition) is 4. The molecule has 1 fully saturated rings. The molecule has 1 atom stereocenters. The zero-order valence-corrected chi connectivity index (χ0v) is 13.9. The van der Waals surface area contributed by atoms with Crippen molar-refractivity contribution < 1.29 is 4.74 Å². The summed E-state index contributed by atoms with van der Waals surface area (Å²) in [4.78, 5) is 7.07. The Balaban J connectivity index is 2.01. The van der Waals surface area contributed by atoms with Crippen LogP contribution in [-0.2, 0) is 11.3 Å². The van der Waals surface area contributed by atoms with E-state index < -0.39 is 0 Å². The summed E-state index contributed by atoms with van der Waals surface area (Å²) < 4.78 is 5.71. The maximum Gasteiger partial charge on any atom is 0.131 e. The van der Waals surface area contributed by atoms with Crippen molar-refractivity contribution in [1.82, 2.24) is 10.3 Å². The predicted octanol–water partition coefficient (Wildman–Crippen LogP) is 2.75. The fraction of sp³-hybridized carbons (Fsp3) is 0.706. The standard InChI is InChI=1S/C17H29N3O/c1-13(2)9-18-10-16-8-14(3)17(19-11-16)20-6-5-7-21-15(4)12-20/h8,11,13,15,18H,5-7,9-10,12H2,1-4H3. The van der Waals surface area contributed by atoms with Gasteiger partial charge < -0.3 is 15.0 Å². The van der Waals surface area contributed by atoms with Crippen LogP contribution in [0.4, 0.5) is 5.82 Å². The molecule has 1 aromatic rings. The third kappa shape index (κ3) is 4.97. The molecule has 118 valence electrons. The first-order chi connectivity index (χ1) is 10.1. The fourth-order valence-corrected chi connectivity index (χ4v) is 2.75. The van der Waals surface area contributed by atoms with Gasteiger partial charge in [-0.1, -0.05) is 13.8 Å². The molecule has 1 unspecified atom stereocenters. The molecule has 0 bridgehead atoms. The van der Waals surface area contributed by atoms with Crippen LogP contribution in [0, 0.1) is 12.8 Å². The molecule has 0 radical (unpaired) electrons. The summed E-state index contributed by atoms with van der Waals surface area (Å²) in [5, 5.41) is 3.47.